The Labute approximate surface area is 138 Å². The van der Waals surface area contributed by atoms with Crippen LogP contribution in [0, 0.1) is 0 Å². The molecule has 24 heavy (non-hydrogen) atoms. The minimum absolute atomic E-state index is 0.141. The van der Waals surface area contributed by atoms with Gasteiger partial charge in [-0.2, -0.15) is 0 Å². The molecule has 1 heterocycles. The number of urea groups is 1. The van der Waals surface area contributed by atoms with Crippen molar-refractivity contribution in [3.05, 3.63) is 40.8 Å². The Hall–Kier alpha value is -2.83. The van der Waals surface area contributed by atoms with E-state index in [1.165, 1.54) is 12.1 Å². The Morgan fingerprint density at radius 1 is 1.17 bits per heavy atom. The highest BCUT2D eigenvalue weighted by atomic mass is 16.5. The number of carbonyl (C=O) groups is 2. The molecule has 1 saturated carbocycles. The van der Waals surface area contributed by atoms with E-state index in [-0.39, 0.29) is 12.6 Å². The van der Waals surface area contributed by atoms with Crippen LogP contribution in [-0.2, 0) is 4.79 Å². The predicted molar refractivity (Wildman–Crippen MR) is 86.9 cm³/mol. The molecule has 1 fully saturated rings. The van der Waals surface area contributed by atoms with E-state index in [1.807, 2.05) is 0 Å². The van der Waals surface area contributed by atoms with Gasteiger partial charge in [-0.3, -0.25) is 10.1 Å². The first-order valence-corrected chi connectivity index (χ1v) is 7.87. The second kappa shape index (κ2) is 7.16. The van der Waals surface area contributed by atoms with Gasteiger partial charge in [-0.05, 0) is 31.0 Å². The molecule has 0 aliphatic heterocycles. The van der Waals surface area contributed by atoms with Crippen LogP contribution in [0.25, 0.3) is 11.0 Å². The van der Waals surface area contributed by atoms with Gasteiger partial charge in [-0.25, -0.2) is 9.59 Å². The summed E-state index contributed by atoms with van der Waals surface area (Å²) < 4.78 is 10.4. The SMILES string of the molecule is O=C(COc1ccc2ccc(=O)oc2c1)NC(=O)NC1CCCC1. The largest absolute Gasteiger partial charge is 0.484 e. The summed E-state index contributed by atoms with van der Waals surface area (Å²) in [5.41, 5.74) is -0.0830. The summed E-state index contributed by atoms with van der Waals surface area (Å²) >= 11 is 0. The molecule has 126 valence electrons. The zero-order valence-corrected chi connectivity index (χ0v) is 13.0. The highest BCUT2D eigenvalue weighted by Gasteiger charge is 2.18. The van der Waals surface area contributed by atoms with Gasteiger partial charge >= 0.3 is 11.7 Å². The van der Waals surface area contributed by atoms with E-state index in [0.29, 0.717) is 11.3 Å². The number of hydrogen-bond donors (Lipinski definition) is 2. The Morgan fingerprint density at radius 2 is 1.92 bits per heavy atom. The number of benzene rings is 1. The first-order valence-electron chi connectivity index (χ1n) is 7.87. The highest BCUT2D eigenvalue weighted by Crippen LogP contribution is 2.19. The summed E-state index contributed by atoms with van der Waals surface area (Å²) in [5, 5.41) is 5.75. The van der Waals surface area contributed by atoms with E-state index in [1.54, 1.807) is 18.2 Å². The third-order valence-corrected chi connectivity index (χ3v) is 3.91. The van der Waals surface area contributed by atoms with Gasteiger partial charge in [0.15, 0.2) is 6.61 Å². The third-order valence-electron chi connectivity index (χ3n) is 3.91. The van der Waals surface area contributed by atoms with Crippen LogP contribution in [-0.4, -0.2) is 24.6 Å². The van der Waals surface area contributed by atoms with Gasteiger partial charge in [0, 0.05) is 23.6 Å². The van der Waals surface area contributed by atoms with E-state index in [9.17, 15) is 14.4 Å². The molecule has 0 radical (unpaired) electrons. The normalized spacial score (nSPS) is 14.5. The maximum Gasteiger partial charge on any atom is 0.336 e. The first kappa shape index (κ1) is 16.0. The van der Waals surface area contributed by atoms with Gasteiger partial charge in [0.05, 0.1) is 0 Å². The van der Waals surface area contributed by atoms with Gasteiger partial charge in [0.25, 0.3) is 5.91 Å². The van der Waals surface area contributed by atoms with Crippen molar-refractivity contribution in [2.75, 3.05) is 6.61 Å². The zero-order valence-electron chi connectivity index (χ0n) is 13.0. The van der Waals surface area contributed by atoms with Crippen LogP contribution < -0.4 is 21.0 Å². The van der Waals surface area contributed by atoms with Gasteiger partial charge < -0.3 is 14.5 Å². The highest BCUT2D eigenvalue weighted by molar-refractivity contribution is 5.95. The van der Waals surface area contributed by atoms with Crippen molar-refractivity contribution in [1.29, 1.82) is 0 Å². The van der Waals surface area contributed by atoms with E-state index >= 15 is 0 Å². The average molecular weight is 330 g/mol. The lowest BCUT2D eigenvalue weighted by atomic mass is 10.2. The molecule has 0 unspecified atom stereocenters. The number of amides is 3. The van der Waals surface area contributed by atoms with Crippen molar-refractivity contribution in [2.45, 2.75) is 31.7 Å². The quantitative estimate of drug-likeness (QED) is 0.835. The van der Waals surface area contributed by atoms with E-state index in [4.69, 9.17) is 9.15 Å². The Kier molecular flexibility index (Phi) is 4.79. The third kappa shape index (κ3) is 4.13. The van der Waals surface area contributed by atoms with Crippen LogP contribution in [0.5, 0.6) is 5.75 Å². The smallest absolute Gasteiger partial charge is 0.336 e. The van der Waals surface area contributed by atoms with Crippen LogP contribution in [0.15, 0.2) is 39.5 Å². The standard InChI is InChI=1S/C17H18N2O5/c20-15(19-17(22)18-12-3-1-2-4-12)10-23-13-7-5-11-6-8-16(21)24-14(11)9-13/h5-9,12H,1-4,10H2,(H2,18,19,20,22). The molecular formula is C17H18N2O5. The minimum Gasteiger partial charge on any atom is -0.484 e. The summed E-state index contributed by atoms with van der Waals surface area (Å²) in [5.74, 6) is -0.164. The van der Waals surface area contributed by atoms with Crippen molar-refractivity contribution < 1.29 is 18.7 Å². The fourth-order valence-corrected chi connectivity index (χ4v) is 2.73. The summed E-state index contributed by atoms with van der Waals surface area (Å²) in [7, 11) is 0. The summed E-state index contributed by atoms with van der Waals surface area (Å²) in [6, 6.07) is 7.53. The number of hydrogen-bond acceptors (Lipinski definition) is 5. The lowest BCUT2D eigenvalue weighted by molar-refractivity contribution is -0.122. The average Bonchev–Trinajstić information content (AvgIpc) is 3.05. The summed E-state index contributed by atoms with van der Waals surface area (Å²) in [6.45, 7) is -0.305. The molecule has 7 nitrogen and oxygen atoms in total. The molecular weight excluding hydrogens is 312 g/mol. The van der Waals surface area contributed by atoms with E-state index in [2.05, 4.69) is 10.6 Å². The van der Waals surface area contributed by atoms with Gasteiger partial charge in [-0.1, -0.05) is 12.8 Å². The maximum absolute atomic E-state index is 11.7. The zero-order chi connectivity index (χ0) is 16.9. The van der Waals surface area contributed by atoms with Crippen LogP contribution in [0.1, 0.15) is 25.7 Å². The van der Waals surface area contributed by atoms with Crippen LogP contribution in [0.4, 0.5) is 4.79 Å². The molecule has 3 amide bonds. The fourth-order valence-electron chi connectivity index (χ4n) is 2.73. The topological polar surface area (TPSA) is 97.6 Å². The summed E-state index contributed by atoms with van der Waals surface area (Å²) in [4.78, 5) is 34.6. The molecule has 2 N–H and O–H groups in total. The van der Waals surface area contributed by atoms with E-state index < -0.39 is 17.6 Å². The molecule has 1 aromatic carbocycles. The van der Waals surface area contributed by atoms with Gasteiger partial charge in [0.1, 0.15) is 11.3 Å². The number of imide groups is 1. The number of carbonyl (C=O) groups excluding carboxylic acids is 2. The monoisotopic (exact) mass is 330 g/mol. The molecule has 1 aromatic heterocycles. The lowest BCUT2D eigenvalue weighted by Gasteiger charge is -2.12. The second-order valence-corrected chi connectivity index (χ2v) is 5.75. The first-order chi connectivity index (χ1) is 11.6. The Bertz CT molecular complexity index is 808. The van der Waals surface area contributed by atoms with Crippen molar-refractivity contribution >= 4 is 22.9 Å². The molecule has 0 saturated heterocycles. The molecule has 3 rings (SSSR count). The minimum atomic E-state index is -0.542. The number of nitrogens with one attached hydrogen (secondary N) is 2. The molecule has 0 bridgehead atoms. The lowest BCUT2D eigenvalue weighted by Crippen LogP contribution is -2.45. The van der Waals surface area contributed by atoms with Crippen LogP contribution in [0.3, 0.4) is 0 Å². The van der Waals surface area contributed by atoms with Gasteiger partial charge in [-0.15, -0.1) is 0 Å². The number of ether oxygens (including phenoxy) is 1. The number of rotatable bonds is 4. The molecule has 2 aromatic rings. The molecule has 7 heteroatoms. The predicted octanol–water partition coefficient (Wildman–Crippen LogP) is 1.94. The molecule has 0 spiro atoms. The Balaban J connectivity index is 1.52. The van der Waals surface area contributed by atoms with Crippen LogP contribution in [0.2, 0.25) is 0 Å². The number of fused-ring (bicyclic) bond motifs is 1. The fraction of sp³-hybridized carbons (Fsp3) is 0.353. The van der Waals surface area contributed by atoms with Crippen molar-refractivity contribution in [3.8, 4) is 5.75 Å². The summed E-state index contributed by atoms with van der Waals surface area (Å²) in [6.07, 6.45) is 4.08. The Morgan fingerprint density at radius 3 is 2.71 bits per heavy atom. The molecule has 0 atom stereocenters. The molecule has 1 aliphatic carbocycles. The van der Waals surface area contributed by atoms with E-state index in [0.717, 1.165) is 31.1 Å². The van der Waals surface area contributed by atoms with Crippen molar-refractivity contribution in [2.24, 2.45) is 0 Å². The van der Waals surface area contributed by atoms with Crippen LogP contribution >= 0.6 is 0 Å². The maximum atomic E-state index is 11.7. The van der Waals surface area contributed by atoms with Crippen molar-refractivity contribution in [3.63, 3.8) is 0 Å². The van der Waals surface area contributed by atoms with Crippen molar-refractivity contribution in [1.82, 2.24) is 10.6 Å². The second-order valence-electron chi connectivity index (χ2n) is 5.75. The van der Waals surface area contributed by atoms with Gasteiger partial charge in [0.2, 0.25) is 0 Å². The molecule has 1 aliphatic rings.